The Labute approximate surface area is 111 Å². The molecule has 0 spiro atoms. The predicted molar refractivity (Wildman–Crippen MR) is 73.9 cm³/mol. The summed E-state index contributed by atoms with van der Waals surface area (Å²) >= 11 is 1.38. The van der Waals surface area contributed by atoms with Gasteiger partial charge in [-0.3, -0.25) is 0 Å². The van der Waals surface area contributed by atoms with Gasteiger partial charge < -0.3 is 10.5 Å². The summed E-state index contributed by atoms with van der Waals surface area (Å²) in [5.41, 5.74) is 7.99. The summed E-state index contributed by atoms with van der Waals surface area (Å²) in [7, 11) is 0. The van der Waals surface area contributed by atoms with E-state index >= 15 is 0 Å². The van der Waals surface area contributed by atoms with E-state index in [9.17, 15) is 0 Å². The highest BCUT2D eigenvalue weighted by Gasteiger charge is 2.17. The lowest BCUT2D eigenvalue weighted by molar-refractivity contribution is 0.198. The molecule has 1 aromatic carbocycles. The van der Waals surface area contributed by atoms with Gasteiger partial charge in [0.2, 0.25) is 5.13 Å². The molecule has 5 heteroatoms. The molecular weight excluding hydrogens is 246 g/mol. The molecule has 0 radical (unpaired) electrons. The Morgan fingerprint density at radius 1 is 1.33 bits per heavy atom. The van der Waals surface area contributed by atoms with E-state index in [1.807, 2.05) is 12.1 Å². The van der Waals surface area contributed by atoms with E-state index < -0.39 is 0 Å². The molecule has 1 unspecified atom stereocenters. The van der Waals surface area contributed by atoms with Crippen LogP contribution in [0.3, 0.4) is 0 Å². The van der Waals surface area contributed by atoms with Crippen LogP contribution >= 0.6 is 11.3 Å². The Morgan fingerprint density at radius 3 is 2.72 bits per heavy atom. The Bertz CT molecular complexity index is 539. The summed E-state index contributed by atoms with van der Waals surface area (Å²) in [6.45, 7) is 6.20. The van der Waals surface area contributed by atoms with Gasteiger partial charge in [-0.15, -0.1) is 10.2 Å². The molecule has 1 atom stereocenters. The van der Waals surface area contributed by atoms with Crippen molar-refractivity contribution in [1.82, 2.24) is 10.2 Å². The third-order valence-electron chi connectivity index (χ3n) is 2.93. The van der Waals surface area contributed by atoms with Crippen LogP contribution in [0.5, 0.6) is 5.75 Å². The van der Waals surface area contributed by atoms with Crippen molar-refractivity contribution >= 4 is 16.5 Å². The van der Waals surface area contributed by atoms with Crippen LogP contribution in [0, 0.1) is 13.8 Å². The molecule has 96 valence electrons. The largest absolute Gasteiger partial charge is 0.483 e. The zero-order chi connectivity index (χ0) is 13.1. The van der Waals surface area contributed by atoms with E-state index in [1.54, 1.807) is 0 Å². The topological polar surface area (TPSA) is 61.0 Å². The number of aryl methyl sites for hydroxylation is 1. The average molecular weight is 263 g/mol. The number of rotatable bonds is 4. The number of nitrogens with two attached hydrogens (primary N) is 1. The van der Waals surface area contributed by atoms with Gasteiger partial charge in [-0.1, -0.05) is 30.4 Å². The fraction of sp³-hybridized carbons (Fsp3) is 0.385. The van der Waals surface area contributed by atoms with Crippen molar-refractivity contribution in [1.29, 1.82) is 0 Å². The molecule has 0 saturated carbocycles. The van der Waals surface area contributed by atoms with Gasteiger partial charge in [-0.05, 0) is 37.5 Å². The smallest absolute Gasteiger partial charge is 0.203 e. The average Bonchev–Trinajstić information content (AvgIpc) is 2.78. The minimum atomic E-state index is -0.0831. The van der Waals surface area contributed by atoms with E-state index in [0.29, 0.717) is 5.13 Å². The first-order valence-electron chi connectivity index (χ1n) is 5.93. The number of nitrogen functional groups attached to an aromatic ring is 1. The molecular formula is C13H17N3OS. The number of anilines is 1. The van der Waals surface area contributed by atoms with Gasteiger partial charge in [0.05, 0.1) is 0 Å². The highest BCUT2D eigenvalue weighted by atomic mass is 32.1. The third kappa shape index (κ3) is 2.61. The molecule has 1 heterocycles. The fourth-order valence-electron chi connectivity index (χ4n) is 1.69. The number of benzene rings is 1. The number of hydrogen-bond donors (Lipinski definition) is 1. The first-order valence-corrected chi connectivity index (χ1v) is 6.75. The first kappa shape index (κ1) is 12.8. The van der Waals surface area contributed by atoms with Crippen molar-refractivity contribution in [2.24, 2.45) is 0 Å². The van der Waals surface area contributed by atoms with Gasteiger partial charge >= 0.3 is 0 Å². The molecule has 18 heavy (non-hydrogen) atoms. The lowest BCUT2D eigenvalue weighted by atomic mass is 10.1. The summed E-state index contributed by atoms with van der Waals surface area (Å²) in [6.07, 6.45) is 0.752. The van der Waals surface area contributed by atoms with E-state index in [1.165, 1.54) is 16.9 Å². The van der Waals surface area contributed by atoms with E-state index in [2.05, 4.69) is 37.0 Å². The van der Waals surface area contributed by atoms with Crippen molar-refractivity contribution in [3.63, 3.8) is 0 Å². The van der Waals surface area contributed by atoms with Crippen LogP contribution in [-0.2, 0) is 0 Å². The summed E-state index contributed by atoms with van der Waals surface area (Å²) < 4.78 is 6.03. The molecule has 2 N–H and O–H groups in total. The van der Waals surface area contributed by atoms with Gasteiger partial charge in [0.15, 0.2) is 11.1 Å². The number of ether oxygens (including phenoxy) is 1. The molecule has 0 bridgehead atoms. The van der Waals surface area contributed by atoms with Gasteiger partial charge in [-0.2, -0.15) is 0 Å². The second-order valence-electron chi connectivity index (χ2n) is 4.19. The van der Waals surface area contributed by atoms with Gasteiger partial charge in [-0.25, -0.2) is 0 Å². The highest BCUT2D eigenvalue weighted by Crippen LogP contribution is 2.30. The summed E-state index contributed by atoms with van der Waals surface area (Å²) in [5.74, 6) is 0.899. The zero-order valence-electron chi connectivity index (χ0n) is 10.8. The zero-order valence-corrected chi connectivity index (χ0v) is 11.6. The molecule has 0 aliphatic rings. The molecule has 0 fully saturated rings. The maximum absolute atomic E-state index is 6.03. The van der Waals surface area contributed by atoms with Gasteiger partial charge in [0, 0.05) is 0 Å². The van der Waals surface area contributed by atoms with Crippen LogP contribution in [0.15, 0.2) is 18.2 Å². The summed E-state index contributed by atoms with van der Waals surface area (Å²) in [6, 6.07) is 6.06. The van der Waals surface area contributed by atoms with E-state index in [4.69, 9.17) is 10.5 Å². The van der Waals surface area contributed by atoms with Crippen LogP contribution in [0.25, 0.3) is 0 Å². The van der Waals surface area contributed by atoms with Crippen LogP contribution in [0.1, 0.15) is 35.6 Å². The third-order valence-corrected chi connectivity index (χ3v) is 3.77. The van der Waals surface area contributed by atoms with Crippen molar-refractivity contribution < 1.29 is 4.74 Å². The van der Waals surface area contributed by atoms with Crippen LogP contribution in [0.4, 0.5) is 5.13 Å². The van der Waals surface area contributed by atoms with Crippen molar-refractivity contribution in [3.05, 3.63) is 34.3 Å². The lowest BCUT2D eigenvalue weighted by Gasteiger charge is -2.17. The molecule has 2 aromatic rings. The maximum atomic E-state index is 6.03. The minimum Gasteiger partial charge on any atom is -0.483 e. The molecule has 0 aliphatic heterocycles. The van der Waals surface area contributed by atoms with E-state index in [0.717, 1.165) is 22.7 Å². The Morgan fingerprint density at radius 2 is 2.11 bits per heavy atom. The van der Waals surface area contributed by atoms with Crippen LogP contribution in [0.2, 0.25) is 0 Å². The second-order valence-corrected chi connectivity index (χ2v) is 5.23. The number of hydrogen-bond acceptors (Lipinski definition) is 5. The second kappa shape index (κ2) is 5.35. The first-order chi connectivity index (χ1) is 8.61. The predicted octanol–water partition coefficient (Wildman–Crippen LogP) is 3.27. The molecule has 0 amide bonds. The Hall–Kier alpha value is -1.62. The van der Waals surface area contributed by atoms with Crippen LogP contribution in [-0.4, -0.2) is 10.2 Å². The number of aromatic nitrogens is 2. The van der Waals surface area contributed by atoms with Crippen molar-refractivity contribution in [3.8, 4) is 5.75 Å². The maximum Gasteiger partial charge on any atom is 0.203 e. The summed E-state index contributed by atoms with van der Waals surface area (Å²) in [5, 5.41) is 9.20. The quantitative estimate of drug-likeness (QED) is 0.919. The lowest BCUT2D eigenvalue weighted by Crippen LogP contribution is -2.07. The molecule has 1 aromatic heterocycles. The number of nitrogens with zero attached hydrogens (tertiary/aromatic N) is 2. The molecule has 2 rings (SSSR count). The molecule has 0 saturated heterocycles. The normalized spacial score (nSPS) is 12.4. The van der Waals surface area contributed by atoms with Gasteiger partial charge in [0.1, 0.15) is 5.75 Å². The standard InChI is InChI=1S/C13H17N3OS/c1-4-10(12-15-16-13(14)18-12)17-11-7-5-6-8(2)9(11)3/h5-7,10H,4H2,1-3H3,(H2,14,16). The minimum absolute atomic E-state index is 0.0831. The van der Waals surface area contributed by atoms with E-state index in [-0.39, 0.29) is 6.10 Å². The SMILES string of the molecule is CCC(Oc1cccc(C)c1C)c1nnc(N)s1. The highest BCUT2D eigenvalue weighted by molar-refractivity contribution is 7.15. The Kier molecular flexibility index (Phi) is 3.81. The monoisotopic (exact) mass is 263 g/mol. The van der Waals surface area contributed by atoms with Crippen molar-refractivity contribution in [2.45, 2.75) is 33.3 Å². The van der Waals surface area contributed by atoms with Gasteiger partial charge in [0.25, 0.3) is 0 Å². The van der Waals surface area contributed by atoms with Crippen LogP contribution < -0.4 is 10.5 Å². The molecule has 4 nitrogen and oxygen atoms in total. The fourth-order valence-corrected chi connectivity index (χ4v) is 2.41. The Balaban J connectivity index is 2.23. The molecule has 0 aliphatic carbocycles. The van der Waals surface area contributed by atoms with Crippen molar-refractivity contribution in [2.75, 3.05) is 5.73 Å². The summed E-state index contributed by atoms with van der Waals surface area (Å²) in [4.78, 5) is 0.